The van der Waals surface area contributed by atoms with E-state index in [1.807, 2.05) is 0 Å². The summed E-state index contributed by atoms with van der Waals surface area (Å²) in [5, 5.41) is 9.48. The van der Waals surface area contributed by atoms with Gasteiger partial charge in [-0.3, -0.25) is 0 Å². The summed E-state index contributed by atoms with van der Waals surface area (Å²) in [5.41, 5.74) is 2.73. The molecule has 0 bridgehead atoms. The molecule has 0 spiro atoms. The number of aromatic nitrogens is 1. The van der Waals surface area contributed by atoms with Crippen LogP contribution >= 0.6 is 0 Å². The lowest BCUT2D eigenvalue weighted by atomic mass is 10.1. The van der Waals surface area contributed by atoms with Crippen molar-refractivity contribution < 1.29 is 5.11 Å². The number of aryl methyl sites for hydroxylation is 2. The third kappa shape index (κ3) is 1.80. The molecule has 1 aromatic heterocycles. The van der Waals surface area contributed by atoms with Gasteiger partial charge in [-0.25, -0.2) is 4.98 Å². The molecule has 0 unspecified atom stereocenters. The number of aliphatic hydroxyl groups excluding tert-OH is 1. The van der Waals surface area contributed by atoms with Crippen molar-refractivity contribution in [2.45, 2.75) is 38.2 Å². The molecule has 2 heterocycles. The summed E-state index contributed by atoms with van der Waals surface area (Å²) in [5.74, 6) is 1.10. The molecule has 3 heteroatoms. The second-order valence-electron chi connectivity index (χ2n) is 4.85. The first-order valence-corrected chi connectivity index (χ1v) is 6.25. The molecule has 0 saturated carbocycles. The van der Waals surface area contributed by atoms with Crippen LogP contribution in [0.5, 0.6) is 0 Å². The number of rotatable bonds is 1. The lowest BCUT2D eigenvalue weighted by molar-refractivity contribution is 0.145. The number of fused-ring (bicyclic) bond motifs is 1. The fourth-order valence-corrected chi connectivity index (χ4v) is 2.68. The maximum absolute atomic E-state index is 9.48. The number of pyridine rings is 1. The van der Waals surface area contributed by atoms with Gasteiger partial charge in [0.1, 0.15) is 5.82 Å². The summed E-state index contributed by atoms with van der Waals surface area (Å²) in [6.45, 7) is 1.87. The number of nitrogens with zero attached hydrogens (tertiary/aromatic N) is 2. The van der Waals surface area contributed by atoms with Crippen LogP contribution < -0.4 is 4.90 Å². The van der Waals surface area contributed by atoms with E-state index in [9.17, 15) is 5.11 Å². The third-order valence-corrected chi connectivity index (χ3v) is 3.70. The summed E-state index contributed by atoms with van der Waals surface area (Å²) in [6, 6.07) is 4.37. The predicted molar refractivity (Wildman–Crippen MR) is 63.7 cm³/mol. The molecule has 86 valence electrons. The summed E-state index contributed by atoms with van der Waals surface area (Å²) in [4.78, 5) is 7.04. The van der Waals surface area contributed by atoms with Crippen molar-refractivity contribution in [3.63, 3.8) is 0 Å². The third-order valence-electron chi connectivity index (χ3n) is 3.70. The fourth-order valence-electron chi connectivity index (χ4n) is 2.68. The Hall–Kier alpha value is -1.09. The fraction of sp³-hybridized carbons (Fsp3) is 0.615. The zero-order chi connectivity index (χ0) is 11.0. The highest BCUT2D eigenvalue weighted by Gasteiger charge is 2.20. The van der Waals surface area contributed by atoms with Crippen molar-refractivity contribution in [3.8, 4) is 0 Å². The van der Waals surface area contributed by atoms with Crippen molar-refractivity contribution in [2.75, 3.05) is 18.0 Å². The molecule has 0 aromatic carbocycles. The smallest absolute Gasteiger partial charge is 0.128 e. The van der Waals surface area contributed by atoms with Gasteiger partial charge in [0.2, 0.25) is 0 Å². The molecule has 3 nitrogen and oxygen atoms in total. The number of aliphatic hydroxyl groups is 1. The standard InChI is InChI=1S/C13H18N2O/c16-11-6-8-15(9-7-11)13-5-4-10-2-1-3-12(10)14-13/h4-5,11,16H,1-3,6-9H2. The first-order valence-electron chi connectivity index (χ1n) is 6.25. The first-order chi connectivity index (χ1) is 7.83. The zero-order valence-electron chi connectivity index (χ0n) is 9.52. The largest absolute Gasteiger partial charge is 0.393 e. The first kappa shape index (κ1) is 10.1. The quantitative estimate of drug-likeness (QED) is 0.776. The summed E-state index contributed by atoms with van der Waals surface area (Å²) in [7, 11) is 0. The summed E-state index contributed by atoms with van der Waals surface area (Å²) >= 11 is 0. The van der Waals surface area contributed by atoms with Crippen LogP contribution in [0.25, 0.3) is 0 Å². The van der Waals surface area contributed by atoms with E-state index in [2.05, 4.69) is 17.0 Å². The number of anilines is 1. The predicted octanol–water partition coefficient (Wildman–Crippen LogP) is 1.53. The molecular weight excluding hydrogens is 200 g/mol. The minimum absolute atomic E-state index is 0.106. The molecule has 1 N–H and O–H groups in total. The minimum atomic E-state index is -0.106. The second kappa shape index (κ2) is 4.06. The molecule has 0 radical (unpaired) electrons. The van der Waals surface area contributed by atoms with Gasteiger partial charge in [-0.15, -0.1) is 0 Å². The van der Waals surface area contributed by atoms with Gasteiger partial charge in [-0.2, -0.15) is 0 Å². The normalized spacial score (nSPS) is 21.2. The van der Waals surface area contributed by atoms with Gasteiger partial charge in [0, 0.05) is 18.8 Å². The molecule has 2 aliphatic rings. The van der Waals surface area contributed by atoms with Crippen LogP contribution in [0.3, 0.4) is 0 Å². The monoisotopic (exact) mass is 218 g/mol. The lowest BCUT2D eigenvalue weighted by Gasteiger charge is -2.30. The van der Waals surface area contributed by atoms with Crippen LogP contribution in [0.4, 0.5) is 5.82 Å². The van der Waals surface area contributed by atoms with Gasteiger partial charge >= 0.3 is 0 Å². The van der Waals surface area contributed by atoms with E-state index in [0.717, 1.165) is 38.2 Å². The Morgan fingerprint density at radius 3 is 2.81 bits per heavy atom. The number of piperidine rings is 1. The Bertz CT molecular complexity index is 384. The van der Waals surface area contributed by atoms with Crippen molar-refractivity contribution in [1.82, 2.24) is 4.98 Å². The lowest BCUT2D eigenvalue weighted by Crippen LogP contribution is -2.36. The van der Waals surface area contributed by atoms with Crippen LogP contribution in [-0.2, 0) is 12.8 Å². The Kier molecular flexibility index (Phi) is 2.56. The van der Waals surface area contributed by atoms with Crippen LogP contribution in [-0.4, -0.2) is 29.3 Å². The highest BCUT2D eigenvalue weighted by atomic mass is 16.3. The number of hydrogen-bond donors (Lipinski definition) is 1. The average Bonchev–Trinajstić information content (AvgIpc) is 2.77. The van der Waals surface area contributed by atoms with Gasteiger partial charge in [0.25, 0.3) is 0 Å². The second-order valence-corrected chi connectivity index (χ2v) is 4.85. The highest BCUT2D eigenvalue weighted by Crippen LogP contribution is 2.24. The summed E-state index contributed by atoms with van der Waals surface area (Å²) < 4.78 is 0. The van der Waals surface area contributed by atoms with E-state index in [1.54, 1.807) is 0 Å². The van der Waals surface area contributed by atoms with Crippen LogP contribution in [0.2, 0.25) is 0 Å². The molecule has 1 saturated heterocycles. The van der Waals surface area contributed by atoms with Gasteiger partial charge in [0.05, 0.1) is 6.10 Å². The Balaban J connectivity index is 1.79. The minimum Gasteiger partial charge on any atom is -0.393 e. The molecule has 1 aliphatic heterocycles. The summed E-state index contributed by atoms with van der Waals surface area (Å²) in [6.07, 6.45) is 5.23. The van der Waals surface area contributed by atoms with Gasteiger partial charge in [-0.1, -0.05) is 6.07 Å². The number of hydrogen-bond acceptors (Lipinski definition) is 3. The van der Waals surface area contributed by atoms with E-state index in [1.165, 1.54) is 24.1 Å². The highest BCUT2D eigenvalue weighted by molar-refractivity contribution is 5.43. The molecule has 16 heavy (non-hydrogen) atoms. The maximum atomic E-state index is 9.48. The maximum Gasteiger partial charge on any atom is 0.128 e. The Labute approximate surface area is 96.1 Å². The van der Waals surface area contributed by atoms with E-state index < -0.39 is 0 Å². The Morgan fingerprint density at radius 1 is 1.19 bits per heavy atom. The van der Waals surface area contributed by atoms with Crippen molar-refractivity contribution in [3.05, 3.63) is 23.4 Å². The molecule has 0 atom stereocenters. The SMILES string of the molecule is OC1CCN(c2ccc3c(n2)CCC3)CC1. The molecule has 3 rings (SSSR count). The van der Waals surface area contributed by atoms with Gasteiger partial charge in [0.15, 0.2) is 0 Å². The zero-order valence-corrected chi connectivity index (χ0v) is 9.52. The molecule has 0 amide bonds. The van der Waals surface area contributed by atoms with Crippen molar-refractivity contribution >= 4 is 5.82 Å². The van der Waals surface area contributed by atoms with Crippen LogP contribution in [0, 0.1) is 0 Å². The van der Waals surface area contributed by atoms with E-state index >= 15 is 0 Å². The van der Waals surface area contributed by atoms with Gasteiger partial charge in [-0.05, 0) is 43.7 Å². The Morgan fingerprint density at radius 2 is 2.00 bits per heavy atom. The van der Waals surface area contributed by atoms with Crippen molar-refractivity contribution in [1.29, 1.82) is 0 Å². The molecule has 1 aliphatic carbocycles. The van der Waals surface area contributed by atoms with E-state index in [0.29, 0.717) is 0 Å². The molecule has 1 aromatic rings. The van der Waals surface area contributed by atoms with E-state index in [-0.39, 0.29) is 6.10 Å². The average molecular weight is 218 g/mol. The van der Waals surface area contributed by atoms with Crippen molar-refractivity contribution in [2.24, 2.45) is 0 Å². The molecule has 1 fully saturated rings. The van der Waals surface area contributed by atoms with E-state index in [4.69, 9.17) is 4.98 Å². The van der Waals surface area contributed by atoms with Crippen LogP contribution in [0.1, 0.15) is 30.5 Å². The topological polar surface area (TPSA) is 36.4 Å². The van der Waals surface area contributed by atoms with Gasteiger partial charge < -0.3 is 10.0 Å². The molecular formula is C13H18N2O. The van der Waals surface area contributed by atoms with Crippen LogP contribution in [0.15, 0.2) is 12.1 Å².